The summed E-state index contributed by atoms with van der Waals surface area (Å²) in [6, 6.07) is 9.94. The Kier molecular flexibility index (Phi) is 5.26. The minimum absolute atomic E-state index is 0.0831. The molecule has 0 saturated heterocycles. The number of hydrogen-bond acceptors (Lipinski definition) is 4. The molecule has 1 amide bonds. The summed E-state index contributed by atoms with van der Waals surface area (Å²) in [6.45, 7) is 5.51. The number of aryl methyl sites for hydroxylation is 2. The lowest BCUT2D eigenvalue weighted by Gasteiger charge is -2.11. The van der Waals surface area contributed by atoms with Crippen molar-refractivity contribution < 1.29 is 17.6 Å². The molecule has 1 N–H and O–H groups in total. The van der Waals surface area contributed by atoms with Crippen LogP contribution in [0.2, 0.25) is 0 Å². The van der Waals surface area contributed by atoms with Gasteiger partial charge in [0.1, 0.15) is 11.5 Å². The third-order valence-electron chi connectivity index (χ3n) is 3.54. The van der Waals surface area contributed by atoms with Crippen LogP contribution in [0, 0.1) is 13.8 Å². The van der Waals surface area contributed by atoms with Crippen LogP contribution in [0.3, 0.4) is 0 Å². The third kappa shape index (κ3) is 4.69. The summed E-state index contributed by atoms with van der Waals surface area (Å²) in [7, 11) is -3.45. The van der Waals surface area contributed by atoms with Gasteiger partial charge in [-0.05, 0) is 45.0 Å². The molecule has 0 aliphatic heterocycles. The topological polar surface area (TPSA) is 76.4 Å². The minimum Gasteiger partial charge on any atom is -0.464 e. The maximum Gasteiger partial charge on any atom is 0.221 e. The number of carbonyl (C=O) groups excluding carboxylic acids is 1. The van der Waals surface area contributed by atoms with Gasteiger partial charge in [-0.3, -0.25) is 4.79 Å². The van der Waals surface area contributed by atoms with Crippen molar-refractivity contribution >= 4 is 15.7 Å². The largest absolute Gasteiger partial charge is 0.464 e. The van der Waals surface area contributed by atoms with Crippen molar-refractivity contribution in [2.45, 2.75) is 38.1 Å². The number of carbonyl (C=O) groups is 1. The molecule has 0 spiro atoms. The summed E-state index contributed by atoms with van der Waals surface area (Å²) in [5.41, 5.74) is 0.990. The highest BCUT2D eigenvalue weighted by Crippen LogP contribution is 2.16. The predicted molar refractivity (Wildman–Crippen MR) is 87.9 cm³/mol. The molecule has 2 aromatic rings. The van der Waals surface area contributed by atoms with E-state index in [1.54, 1.807) is 37.3 Å². The first-order chi connectivity index (χ1) is 10.8. The van der Waals surface area contributed by atoms with Gasteiger partial charge >= 0.3 is 0 Å². The molecule has 1 unspecified atom stereocenters. The summed E-state index contributed by atoms with van der Waals surface area (Å²) in [5.74, 6) is 0.883. The fourth-order valence-electron chi connectivity index (χ4n) is 2.16. The first-order valence-corrected chi connectivity index (χ1v) is 9.08. The standard InChI is InChI=1S/C17H21NO4S/c1-12-4-7-15(8-5-12)23(20,21)11-10-17(19)18-14(3)16-9-6-13(2)22-16/h4-9,14H,10-11H2,1-3H3,(H,18,19). The fourth-order valence-corrected chi connectivity index (χ4v) is 3.40. The van der Waals surface area contributed by atoms with E-state index < -0.39 is 9.84 Å². The normalized spacial score (nSPS) is 12.8. The monoisotopic (exact) mass is 335 g/mol. The second-order valence-corrected chi connectivity index (χ2v) is 7.73. The second kappa shape index (κ2) is 7.00. The van der Waals surface area contributed by atoms with Gasteiger partial charge in [-0.2, -0.15) is 0 Å². The summed E-state index contributed by atoms with van der Waals surface area (Å²) in [6.07, 6.45) is -0.0831. The van der Waals surface area contributed by atoms with Crippen molar-refractivity contribution in [1.82, 2.24) is 5.32 Å². The molecule has 0 saturated carbocycles. The molecule has 0 aliphatic rings. The summed E-state index contributed by atoms with van der Waals surface area (Å²) < 4.78 is 29.9. The number of amides is 1. The van der Waals surface area contributed by atoms with Crippen LogP contribution in [0.4, 0.5) is 0 Å². The van der Waals surface area contributed by atoms with Crippen LogP contribution >= 0.6 is 0 Å². The lowest BCUT2D eigenvalue weighted by molar-refractivity contribution is -0.121. The summed E-state index contributed by atoms with van der Waals surface area (Å²) in [4.78, 5) is 12.2. The van der Waals surface area contributed by atoms with Crippen LogP contribution in [-0.2, 0) is 14.6 Å². The van der Waals surface area contributed by atoms with E-state index in [1.807, 2.05) is 19.9 Å². The van der Waals surface area contributed by atoms with Gasteiger partial charge in [0.15, 0.2) is 9.84 Å². The molecule has 5 nitrogen and oxygen atoms in total. The van der Waals surface area contributed by atoms with Crippen LogP contribution in [0.5, 0.6) is 0 Å². The van der Waals surface area contributed by atoms with Crippen molar-refractivity contribution in [3.63, 3.8) is 0 Å². The predicted octanol–water partition coefficient (Wildman–Crippen LogP) is 2.94. The number of furan rings is 1. The molecule has 0 aliphatic carbocycles. The van der Waals surface area contributed by atoms with Crippen LogP contribution in [0.15, 0.2) is 45.7 Å². The van der Waals surface area contributed by atoms with E-state index >= 15 is 0 Å². The molecule has 1 heterocycles. The van der Waals surface area contributed by atoms with Gasteiger partial charge in [0, 0.05) is 6.42 Å². The van der Waals surface area contributed by atoms with Crippen LogP contribution in [-0.4, -0.2) is 20.1 Å². The third-order valence-corrected chi connectivity index (χ3v) is 5.28. The van der Waals surface area contributed by atoms with Gasteiger partial charge in [0.25, 0.3) is 0 Å². The zero-order valence-corrected chi connectivity index (χ0v) is 14.3. The lowest BCUT2D eigenvalue weighted by Crippen LogP contribution is -2.28. The van der Waals surface area contributed by atoms with E-state index in [0.717, 1.165) is 11.3 Å². The Morgan fingerprint density at radius 1 is 1.13 bits per heavy atom. The molecule has 2 rings (SSSR count). The Bertz CT molecular complexity index is 775. The smallest absolute Gasteiger partial charge is 0.221 e. The zero-order chi connectivity index (χ0) is 17.0. The molecule has 124 valence electrons. The highest BCUT2D eigenvalue weighted by Gasteiger charge is 2.18. The zero-order valence-electron chi connectivity index (χ0n) is 13.5. The summed E-state index contributed by atoms with van der Waals surface area (Å²) >= 11 is 0. The van der Waals surface area contributed by atoms with E-state index in [-0.39, 0.29) is 29.0 Å². The molecule has 1 aromatic carbocycles. The van der Waals surface area contributed by atoms with Crippen molar-refractivity contribution in [1.29, 1.82) is 0 Å². The fraction of sp³-hybridized carbons (Fsp3) is 0.353. The van der Waals surface area contributed by atoms with Gasteiger partial charge in [-0.25, -0.2) is 8.42 Å². The van der Waals surface area contributed by atoms with Gasteiger partial charge < -0.3 is 9.73 Å². The SMILES string of the molecule is Cc1ccc(S(=O)(=O)CCC(=O)NC(C)c2ccc(C)o2)cc1. The Hall–Kier alpha value is -2.08. The number of sulfone groups is 1. The molecule has 0 bridgehead atoms. The highest BCUT2D eigenvalue weighted by molar-refractivity contribution is 7.91. The van der Waals surface area contributed by atoms with E-state index in [9.17, 15) is 13.2 Å². The van der Waals surface area contributed by atoms with Crippen LogP contribution in [0.1, 0.15) is 36.5 Å². The Labute approximate surface area is 136 Å². The average molecular weight is 335 g/mol. The summed E-state index contributed by atoms with van der Waals surface area (Å²) in [5, 5.41) is 2.75. The van der Waals surface area contributed by atoms with Crippen molar-refractivity contribution in [3.8, 4) is 0 Å². The lowest BCUT2D eigenvalue weighted by atomic mass is 10.2. The Morgan fingerprint density at radius 2 is 1.78 bits per heavy atom. The number of benzene rings is 1. The first kappa shape index (κ1) is 17.3. The molecule has 1 atom stereocenters. The second-order valence-electron chi connectivity index (χ2n) is 5.62. The maximum atomic E-state index is 12.2. The van der Waals surface area contributed by atoms with E-state index in [2.05, 4.69) is 5.32 Å². The van der Waals surface area contributed by atoms with Gasteiger partial charge in [-0.15, -0.1) is 0 Å². The first-order valence-electron chi connectivity index (χ1n) is 7.43. The highest BCUT2D eigenvalue weighted by atomic mass is 32.2. The molecule has 23 heavy (non-hydrogen) atoms. The maximum absolute atomic E-state index is 12.2. The molecular formula is C17H21NO4S. The number of rotatable bonds is 6. The van der Waals surface area contributed by atoms with Crippen LogP contribution in [0.25, 0.3) is 0 Å². The Morgan fingerprint density at radius 3 is 2.35 bits per heavy atom. The van der Waals surface area contributed by atoms with E-state index in [4.69, 9.17) is 4.42 Å². The minimum atomic E-state index is -3.45. The van der Waals surface area contributed by atoms with Crippen molar-refractivity contribution in [3.05, 3.63) is 53.5 Å². The molecule has 0 radical (unpaired) electrons. The average Bonchev–Trinajstić information content (AvgIpc) is 2.92. The molecule has 1 aromatic heterocycles. The number of hydrogen-bond donors (Lipinski definition) is 1. The van der Waals surface area contributed by atoms with Gasteiger partial charge in [0.2, 0.25) is 5.91 Å². The molecule has 6 heteroatoms. The molecule has 0 fully saturated rings. The van der Waals surface area contributed by atoms with Crippen LogP contribution < -0.4 is 5.32 Å². The van der Waals surface area contributed by atoms with Crippen molar-refractivity contribution in [2.75, 3.05) is 5.75 Å². The van der Waals surface area contributed by atoms with Gasteiger partial charge in [0.05, 0.1) is 16.7 Å². The quantitative estimate of drug-likeness (QED) is 0.880. The van der Waals surface area contributed by atoms with Crippen molar-refractivity contribution in [2.24, 2.45) is 0 Å². The van der Waals surface area contributed by atoms with E-state index in [0.29, 0.717) is 5.76 Å². The van der Waals surface area contributed by atoms with E-state index in [1.165, 1.54) is 0 Å². The number of nitrogens with one attached hydrogen (secondary N) is 1. The van der Waals surface area contributed by atoms with Gasteiger partial charge in [-0.1, -0.05) is 17.7 Å². The Balaban J connectivity index is 1.92. The molecular weight excluding hydrogens is 314 g/mol.